The Morgan fingerprint density at radius 3 is 2.42 bits per heavy atom. The quantitative estimate of drug-likeness (QED) is 0.851. The minimum Gasteiger partial charge on any atom is -0.353 e. The van der Waals surface area contributed by atoms with Crippen molar-refractivity contribution in [3.05, 3.63) is 35.9 Å². The van der Waals surface area contributed by atoms with Gasteiger partial charge >= 0.3 is 0 Å². The molecule has 132 valence electrons. The fourth-order valence-corrected chi connectivity index (χ4v) is 4.19. The molecule has 0 spiro atoms. The number of hydrogen-bond donors (Lipinski definition) is 1. The Balaban J connectivity index is 1.32. The number of rotatable bonds is 6. The molecule has 1 amide bonds. The van der Waals surface area contributed by atoms with Gasteiger partial charge in [-0.15, -0.1) is 0 Å². The molecule has 2 fully saturated rings. The molecule has 1 aromatic rings. The average Bonchev–Trinajstić information content (AvgIpc) is 2.63. The normalized spacial score (nSPS) is 20.8. The van der Waals surface area contributed by atoms with E-state index in [0.29, 0.717) is 6.04 Å². The van der Waals surface area contributed by atoms with Crippen molar-refractivity contribution in [2.75, 3.05) is 13.1 Å². The Labute approximate surface area is 146 Å². The average molecular weight is 329 g/mol. The first kappa shape index (κ1) is 17.5. The van der Waals surface area contributed by atoms with E-state index in [0.717, 1.165) is 51.2 Å². The highest BCUT2D eigenvalue weighted by Gasteiger charge is 2.21. The lowest BCUT2D eigenvalue weighted by molar-refractivity contribution is -0.122. The molecule has 1 aromatic carbocycles. The second kappa shape index (κ2) is 9.22. The molecule has 1 N–H and O–H groups in total. The van der Waals surface area contributed by atoms with Crippen molar-refractivity contribution in [1.82, 2.24) is 10.2 Å². The molecule has 1 heterocycles. The predicted octanol–water partition coefficient (Wildman–Crippen LogP) is 4.13. The highest BCUT2D eigenvalue weighted by Crippen LogP contribution is 2.27. The highest BCUT2D eigenvalue weighted by molar-refractivity contribution is 5.76. The van der Waals surface area contributed by atoms with Crippen LogP contribution in [0.2, 0.25) is 0 Å². The maximum absolute atomic E-state index is 12.2. The maximum Gasteiger partial charge on any atom is 0.220 e. The van der Waals surface area contributed by atoms with Gasteiger partial charge in [0.25, 0.3) is 0 Å². The lowest BCUT2D eigenvalue weighted by atomic mass is 9.86. The van der Waals surface area contributed by atoms with E-state index in [-0.39, 0.29) is 5.91 Å². The molecule has 3 rings (SSSR count). The molecular weight excluding hydrogens is 296 g/mol. The maximum atomic E-state index is 12.2. The first-order valence-electron chi connectivity index (χ1n) is 9.85. The third-order valence-corrected chi connectivity index (χ3v) is 5.71. The van der Waals surface area contributed by atoms with Gasteiger partial charge < -0.3 is 5.32 Å². The van der Waals surface area contributed by atoms with Crippen LogP contribution in [-0.2, 0) is 11.3 Å². The number of piperidine rings is 1. The number of benzene rings is 1. The van der Waals surface area contributed by atoms with Gasteiger partial charge in [-0.1, -0.05) is 62.4 Å². The van der Waals surface area contributed by atoms with Crippen LogP contribution in [0.1, 0.15) is 63.4 Å². The molecule has 0 radical (unpaired) electrons. The van der Waals surface area contributed by atoms with E-state index in [9.17, 15) is 4.79 Å². The lowest BCUT2D eigenvalue weighted by Crippen LogP contribution is -2.44. The third kappa shape index (κ3) is 5.62. The molecule has 0 atom stereocenters. The zero-order chi connectivity index (χ0) is 16.6. The molecular formula is C21H32N2O. The van der Waals surface area contributed by atoms with Gasteiger partial charge in [0.05, 0.1) is 0 Å². The van der Waals surface area contributed by atoms with Gasteiger partial charge in [0.1, 0.15) is 0 Å². The number of nitrogens with zero attached hydrogens (tertiary/aromatic N) is 1. The zero-order valence-electron chi connectivity index (χ0n) is 14.9. The Bertz CT molecular complexity index is 488. The number of likely N-dealkylation sites (tertiary alicyclic amines) is 1. The Kier molecular flexibility index (Phi) is 6.71. The predicted molar refractivity (Wildman–Crippen MR) is 98.7 cm³/mol. The molecule has 0 aromatic heterocycles. The summed E-state index contributed by atoms with van der Waals surface area (Å²) in [6.07, 6.45) is 10.8. The van der Waals surface area contributed by atoms with E-state index in [1.165, 1.54) is 37.7 Å². The lowest BCUT2D eigenvalue weighted by Gasteiger charge is -2.32. The smallest absolute Gasteiger partial charge is 0.220 e. The van der Waals surface area contributed by atoms with Gasteiger partial charge in [0, 0.05) is 32.1 Å². The van der Waals surface area contributed by atoms with Crippen molar-refractivity contribution >= 4 is 5.91 Å². The second-order valence-electron chi connectivity index (χ2n) is 7.65. The summed E-state index contributed by atoms with van der Waals surface area (Å²) >= 11 is 0. The summed E-state index contributed by atoms with van der Waals surface area (Å²) in [5.74, 6) is 1.08. The van der Waals surface area contributed by atoms with Crippen LogP contribution in [-0.4, -0.2) is 29.9 Å². The van der Waals surface area contributed by atoms with Crippen molar-refractivity contribution in [3.8, 4) is 0 Å². The van der Waals surface area contributed by atoms with Crippen molar-refractivity contribution in [2.45, 2.75) is 70.4 Å². The fraction of sp³-hybridized carbons (Fsp3) is 0.667. The summed E-state index contributed by atoms with van der Waals surface area (Å²) in [5.41, 5.74) is 1.38. The number of hydrogen-bond acceptors (Lipinski definition) is 2. The van der Waals surface area contributed by atoms with Crippen LogP contribution in [0.15, 0.2) is 30.3 Å². The standard InChI is InChI=1S/C21H32N2O/c24-21(12-11-18-7-3-1-4-8-18)22-20-13-15-23(16-14-20)17-19-9-5-2-6-10-19/h2,5-6,9-10,18,20H,1,3-4,7-8,11-17H2,(H,22,24). The summed E-state index contributed by atoms with van der Waals surface area (Å²) in [4.78, 5) is 14.7. The molecule has 1 saturated heterocycles. The van der Waals surface area contributed by atoms with Gasteiger partial charge in [-0.2, -0.15) is 0 Å². The molecule has 1 aliphatic heterocycles. The Morgan fingerprint density at radius 2 is 1.71 bits per heavy atom. The first-order valence-corrected chi connectivity index (χ1v) is 9.85. The van der Waals surface area contributed by atoms with Crippen LogP contribution in [0.4, 0.5) is 0 Å². The summed E-state index contributed by atoms with van der Waals surface area (Å²) < 4.78 is 0. The fourth-order valence-electron chi connectivity index (χ4n) is 4.19. The van der Waals surface area contributed by atoms with Crippen LogP contribution in [0.5, 0.6) is 0 Å². The van der Waals surface area contributed by atoms with Crippen LogP contribution >= 0.6 is 0 Å². The van der Waals surface area contributed by atoms with Gasteiger partial charge in [-0.05, 0) is 30.7 Å². The summed E-state index contributed by atoms with van der Waals surface area (Å²) in [7, 11) is 0. The SMILES string of the molecule is O=C(CCC1CCCCC1)NC1CCN(Cc2ccccc2)CC1. The Hall–Kier alpha value is -1.35. The van der Waals surface area contributed by atoms with Crippen molar-refractivity contribution < 1.29 is 4.79 Å². The van der Waals surface area contributed by atoms with Crippen LogP contribution in [0.3, 0.4) is 0 Å². The minimum absolute atomic E-state index is 0.280. The first-order chi connectivity index (χ1) is 11.8. The highest BCUT2D eigenvalue weighted by atomic mass is 16.1. The van der Waals surface area contributed by atoms with Gasteiger partial charge in [-0.3, -0.25) is 9.69 Å². The monoisotopic (exact) mass is 328 g/mol. The van der Waals surface area contributed by atoms with E-state index in [2.05, 4.69) is 40.5 Å². The van der Waals surface area contributed by atoms with Gasteiger partial charge in [0.15, 0.2) is 0 Å². The number of amides is 1. The number of carbonyl (C=O) groups is 1. The zero-order valence-corrected chi connectivity index (χ0v) is 14.9. The largest absolute Gasteiger partial charge is 0.353 e. The second-order valence-corrected chi connectivity index (χ2v) is 7.65. The summed E-state index contributed by atoms with van der Waals surface area (Å²) in [6, 6.07) is 11.1. The molecule has 1 aliphatic carbocycles. The Morgan fingerprint density at radius 1 is 1.00 bits per heavy atom. The molecule has 1 saturated carbocycles. The molecule has 2 aliphatic rings. The molecule has 0 unspecified atom stereocenters. The minimum atomic E-state index is 0.280. The third-order valence-electron chi connectivity index (χ3n) is 5.71. The number of carbonyl (C=O) groups excluding carboxylic acids is 1. The van der Waals surface area contributed by atoms with Crippen molar-refractivity contribution in [1.29, 1.82) is 0 Å². The van der Waals surface area contributed by atoms with E-state index in [1.54, 1.807) is 0 Å². The van der Waals surface area contributed by atoms with Crippen molar-refractivity contribution in [3.63, 3.8) is 0 Å². The van der Waals surface area contributed by atoms with Crippen LogP contribution in [0.25, 0.3) is 0 Å². The summed E-state index contributed by atoms with van der Waals surface area (Å²) in [5, 5.41) is 3.28. The number of nitrogens with one attached hydrogen (secondary N) is 1. The van der Waals surface area contributed by atoms with Crippen LogP contribution < -0.4 is 5.32 Å². The van der Waals surface area contributed by atoms with E-state index in [1.807, 2.05) is 0 Å². The van der Waals surface area contributed by atoms with Crippen LogP contribution in [0, 0.1) is 5.92 Å². The van der Waals surface area contributed by atoms with Crippen molar-refractivity contribution in [2.24, 2.45) is 5.92 Å². The molecule has 3 nitrogen and oxygen atoms in total. The van der Waals surface area contributed by atoms with E-state index in [4.69, 9.17) is 0 Å². The van der Waals surface area contributed by atoms with Gasteiger partial charge in [-0.25, -0.2) is 0 Å². The van der Waals surface area contributed by atoms with Gasteiger partial charge in [0.2, 0.25) is 5.91 Å². The van der Waals surface area contributed by atoms with E-state index >= 15 is 0 Å². The molecule has 24 heavy (non-hydrogen) atoms. The van der Waals surface area contributed by atoms with E-state index < -0.39 is 0 Å². The topological polar surface area (TPSA) is 32.3 Å². The summed E-state index contributed by atoms with van der Waals surface area (Å²) in [6.45, 7) is 3.20. The molecule has 0 bridgehead atoms. The molecule has 3 heteroatoms.